The maximum atomic E-state index is 10.5. The number of nitrogens with one attached hydrogen (secondary N) is 1. The lowest BCUT2D eigenvalue weighted by atomic mass is 9.79. The Labute approximate surface area is 115 Å². The summed E-state index contributed by atoms with van der Waals surface area (Å²) < 4.78 is 0. The third-order valence-corrected chi connectivity index (χ3v) is 4.19. The molecule has 1 aromatic carbocycles. The standard InChI is InChI=1S/C16H25NO2/c1-13-6-8-16(19,9-7-13)12-17-10-14-2-4-15(11-18)5-3-14/h2-5,13,17-19H,6-12H2,1H3. The van der Waals surface area contributed by atoms with Gasteiger partial charge in [-0.05, 0) is 42.7 Å². The molecule has 0 unspecified atom stereocenters. The third kappa shape index (κ3) is 4.30. The van der Waals surface area contributed by atoms with Crippen molar-refractivity contribution in [3.63, 3.8) is 0 Å². The molecule has 0 radical (unpaired) electrons. The fourth-order valence-electron chi connectivity index (χ4n) is 2.68. The number of hydrogen-bond acceptors (Lipinski definition) is 3. The van der Waals surface area contributed by atoms with Crippen molar-refractivity contribution >= 4 is 0 Å². The molecule has 1 saturated carbocycles. The van der Waals surface area contributed by atoms with Crippen molar-refractivity contribution in [2.24, 2.45) is 5.92 Å². The Morgan fingerprint density at radius 1 is 1.16 bits per heavy atom. The van der Waals surface area contributed by atoms with Gasteiger partial charge in [0.05, 0.1) is 12.2 Å². The van der Waals surface area contributed by atoms with Crippen molar-refractivity contribution < 1.29 is 10.2 Å². The second kappa shape index (κ2) is 6.51. The molecule has 0 bridgehead atoms. The molecular formula is C16H25NO2. The van der Waals surface area contributed by atoms with Crippen LogP contribution in [-0.2, 0) is 13.2 Å². The third-order valence-electron chi connectivity index (χ3n) is 4.19. The molecule has 1 aliphatic carbocycles. The number of rotatable bonds is 5. The minimum atomic E-state index is -0.516. The summed E-state index contributed by atoms with van der Waals surface area (Å²) in [5, 5.41) is 22.8. The van der Waals surface area contributed by atoms with Gasteiger partial charge in [-0.15, -0.1) is 0 Å². The van der Waals surface area contributed by atoms with Crippen LogP contribution in [0.25, 0.3) is 0 Å². The van der Waals surface area contributed by atoms with Gasteiger partial charge in [0.25, 0.3) is 0 Å². The number of hydrogen-bond donors (Lipinski definition) is 3. The second-order valence-corrected chi connectivity index (χ2v) is 5.99. The molecule has 2 rings (SSSR count). The number of benzene rings is 1. The Bertz CT molecular complexity index is 380. The van der Waals surface area contributed by atoms with Crippen LogP contribution in [0.5, 0.6) is 0 Å². The maximum absolute atomic E-state index is 10.5. The first kappa shape index (κ1) is 14.5. The molecule has 0 aliphatic heterocycles. The summed E-state index contributed by atoms with van der Waals surface area (Å²) in [5.41, 5.74) is 1.60. The monoisotopic (exact) mass is 263 g/mol. The van der Waals surface area contributed by atoms with Crippen LogP contribution in [0.4, 0.5) is 0 Å². The van der Waals surface area contributed by atoms with Crippen LogP contribution in [0.1, 0.15) is 43.7 Å². The first-order valence-electron chi connectivity index (χ1n) is 7.23. The van der Waals surface area contributed by atoms with E-state index in [-0.39, 0.29) is 6.61 Å². The topological polar surface area (TPSA) is 52.5 Å². The first-order chi connectivity index (χ1) is 9.11. The smallest absolute Gasteiger partial charge is 0.0771 e. The highest BCUT2D eigenvalue weighted by Crippen LogP contribution is 2.31. The Balaban J connectivity index is 1.76. The van der Waals surface area contributed by atoms with Crippen LogP contribution < -0.4 is 5.32 Å². The van der Waals surface area contributed by atoms with Crippen molar-refractivity contribution in [3.05, 3.63) is 35.4 Å². The molecule has 0 amide bonds. The summed E-state index contributed by atoms with van der Waals surface area (Å²) in [4.78, 5) is 0. The van der Waals surface area contributed by atoms with E-state index in [0.717, 1.165) is 43.7 Å². The average molecular weight is 263 g/mol. The van der Waals surface area contributed by atoms with E-state index in [1.165, 1.54) is 5.56 Å². The summed E-state index contributed by atoms with van der Waals surface area (Å²) >= 11 is 0. The van der Waals surface area contributed by atoms with Gasteiger partial charge in [-0.25, -0.2) is 0 Å². The van der Waals surface area contributed by atoms with Crippen LogP contribution in [0, 0.1) is 5.92 Å². The molecule has 0 aromatic heterocycles. The molecule has 1 aliphatic rings. The van der Waals surface area contributed by atoms with Crippen molar-refractivity contribution in [1.82, 2.24) is 5.32 Å². The van der Waals surface area contributed by atoms with Crippen LogP contribution in [-0.4, -0.2) is 22.4 Å². The maximum Gasteiger partial charge on any atom is 0.0771 e. The molecule has 1 aromatic rings. The fraction of sp³-hybridized carbons (Fsp3) is 0.625. The largest absolute Gasteiger partial charge is 0.392 e. The zero-order chi connectivity index (χ0) is 13.7. The highest BCUT2D eigenvalue weighted by Gasteiger charge is 2.31. The van der Waals surface area contributed by atoms with Crippen LogP contribution in [0.3, 0.4) is 0 Å². The molecule has 0 atom stereocenters. The van der Waals surface area contributed by atoms with Gasteiger partial charge in [-0.2, -0.15) is 0 Å². The molecular weight excluding hydrogens is 238 g/mol. The van der Waals surface area contributed by atoms with Crippen molar-refractivity contribution in [1.29, 1.82) is 0 Å². The highest BCUT2D eigenvalue weighted by molar-refractivity contribution is 5.21. The Hall–Kier alpha value is -0.900. The van der Waals surface area contributed by atoms with E-state index in [1.807, 2.05) is 24.3 Å². The van der Waals surface area contributed by atoms with Crippen LogP contribution in [0.2, 0.25) is 0 Å². The number of aliphatic hydroxyl groups is 2. The molecule has 0 heterocycles. The van der Waals surface area contributed by atoms with Gasteiger partial charge in [-0.3, -0.25) is 0 Å². The van der Waals surface area contributed by atoms with E-state index >= 15 is 0 Å². The van der Waals surface area contributed by atoms with E-state index in [4.69, 9.17) is 5.11 Å². The first-order valence-corrected chi connectivity index (χ1v) is 7.23. The predicted octanol–water partition coefficient (Wildman–Crippen LogP) is 2.21. The van der Waals surface area contributed by atoms with E-state index in [9.17, 15) is 5.11 Å². The highest BCUT2D eigenvalue weighted by atomic mass is 16.3. The summed E-state index contributed by atoms with van der Waals surface area (Å²) in [6.45, 7) is 3.78. The second-order valence-electron chi connectivity index (χ2n) is 5.99. The summed E-state index contributed by atoms with van der Waals surface area (Å²) in [7, 11) is 0. The van der Waals surface area contributed by atoms with Gasteiger partial charge in [0, 0.05) is 13.1 Å². The van der Waals surface area contributed by atoms with Gasteiger partial charge in [0.15, 0.2) is 0 Å². The zero-order valence-electron chi connectivity index (χ0n) is 11.7. The van der Waals surface area contributed by atoms with Gasteiger partial charge in [-0.1, -0.05) is 31.2 Å². The molecule has 19 heavy (non-hydrogen) atoms. The molecule has 0 saturated heterocycles. The SMILES string of the molecule is CC1CCC(O)(CNCc2ccc(CO)cc2)CC1. The van der Waals surface area contributed by atoms with Crippen LogP contribution >= 0.6 is 0 Å². The molecule has 0 spiro atoms. The minimum absolute atomic E-state index is 0.0889. The Morgan fingerprint density at radius 2 is 1.74 bits per heavy atom. The predicted molar refractivity (Wildman–Crippen MR) is 76.7 cm³/mol. The summed E-state index contributed by atoms with van der Waals surface area (Å²) in [5.74, 6) is 0.756. The van der Waals surface area contributed by atoms with E-state index < -0.39 is 5.60 Å². The number of aliphatic hydroxyl groups excluding tert-OH is 1. The minimum Gasteiger partial charge on any atom is -0.392 e. The Kier molecular flexibility index (Phi) is 4.97. The van der Waals surface area contributed by atoms with Gasteiger partial charge in [0.2, 0.25) is 0 Å². The molecule has 106 valence electrons. The van der Waals surface area contributed by atoms with Gasteiger partial charge in [0.1, 0.15) is 0 Å². The summed E-state index contributed by atoms with van der Waals surface area (Å²) in [6, 6.07) is 7.92. The lowest BCUT2D eigenvalue weighted by Gasteiger charge is -2.35. The van der Waals surface area contributed by atoms with E-state index in [2.05, 4.69) is 12.2 Å². The quantitative estimate of drug-likeness (QED) is 0.763. The summed E-state index contributed by atoms with van der Waals surface area (Å²) in [6.07, 6.45) is 4.07. The average Bonchev–Trinajstić information content (AvgIpc) is 2.43. The van der Waals surface area contributed by atoms with Crippen molar-refractivity contribution in [3.8, 4) is 0 Å². The fourth-order valence-corrected chi connectivity index (χ4v) is 2.68. The van der Waals surface area contributed by atoms with Crippen LogP contribution in [0.15, 0.2) is 24.3 Å². The zero-order valence-corrected chi connectivity index (χ0v) is 11.7. The van der Waals surface area contributed by atoms with Gasteiger partial charge < -0.3 is 15.5 Å². The van der Waals surface area contributed by atoms with Crippen molar-refractivity contribution in [2.45, 2.75) is 51.4 Å². The van der Waals surface area contributed by atoms with E-state index in [0.29, 0.717) is 6.54 Å². The van der Waals surface area contributed by atoms with Gasteiger partial charge >= 0.3 is 0 Å². The molecule has 1 fully saturated rings. The molecule has 3 nitrogen and oxygen atoms in total. The molecule has 3 N–H and O–H groups in total. The van der Waals surface area contributed by atoms with E-state index in [1.54, 1.807) is 0 Å². The lowest BCUT2D eigenvalue weighted by Crippen LogP contribution is -2.43. The molecule has 3 heteroatoms. The lowest BCUT2D eigenvalue weighted by molar-refractivity contribution is -0.00630. The Morgan fingerprint density at radius 3 is 2.32 bits per heavy atom. The van der Waals surface area contributed by atoms with Crippen molar-refractivity contribution in [2.75, 3.05) is 6.54 Å². The normalized spacial score (nSPS) is 27.4.